The van der Waals surface area contributed by atoms with E-state index in [9.17, 15) is 9.18 Å². The Labute approximate surface area is 123 Å². The van der Waals surface area contributed by atoms with Crippen LogP contribution in [0.15, 0.2) is 41.5 Å². The van der Waals surface area contributed by atoms with Gasteiger partial charge < -0.3 is 0 Å². The molecule has 0 fully saturated rings. The van der Waals surface area contributed by atoms with Crippen LogP contribution in [0.1, 0.15) is 32.6 Å². The van der Waals surface area contributed by atoms with Crippen molar-refractivity contribution < 1.29 is 9.18 Å². The van der Waals surface area contributed by atoms with E-state index in [2.05, 4.69) is 22.7 Å². The smallest absolute Gasteiger partial charge is 0.267 e. The van der Waals surface area contributed by atoms with Crippen molar-refractivity contribution in [2.24, 2.45) is 5.10 Å². The third-order valence-electron chi connectivity index (χ3n) is 3.20. The minimum absolute atomic E-state index is 0.367. The van der Waals surface area contributed by atoms with Crippen LogP contribution in [0.3, 0.4) is 0 Å². The number of nitrogens with one attached hydrogen (secondary N) is 1. The van der Waals surface area contributed by atoms with Gasteiger partial charge in [0.2, 0.25) is 0 Å². The summed E-state index contributed by atoms with van der Waals surface area (Å²) < 4.78 is 12.8. The SMILES string of the molecule is Cc1cc(C)c(/C=N/NC(=O)c2ccc(F)cc2)c(C)c1. The molecule has 0 bridgehead atoms. The molecule has 0 heterocycles. The molecule has 0 radical (unpaired) electrons. The predicted molar refractivity (Wildman–Crippen MR) is 82.1 cm³/mol. The zero-order valence-electron chi connectivity index (χ0n) is 12.3. The molecule has 0 aliphatic heterocycles. The van der Waals surface area contributed by atoms with E-state index in [1.165, 1.54) is 29.8 Å². The Hall–Kier alpha value is -2.49. The number of halogens is 1. The summed E-state index contributed by atoms with van der Waals surface area (Å²) >= 11 is 0. The van der Waals surface area contributed by atoms with Gasteiger partial charge in [0.1, 0.15) is 5.82 Å². The molecule has 3 nitrogen and oxygen atoms in total. The van der Waals surface area contributed by atoms with E-state index in [4.69, 9.17) is 0 Å². The van der Waals surface area contributed by atoms with Gasteiger partial charge in [0.25, 0.3) is 5.91 Å². The summed E-state index contributed by atoms with van der Waals surface area (Å²) in [7, 11) is 0. The lowest BCUT2D eigenvalue weighted by atomic mass is 10.0. The van der Waals surface area contributed by atoms with Gasteiger partial charge in [-0.1, -0.05) is 17.7 Å². The summed E-state index contributed by atoms with van der Waals surface area (Å²) in [5.74, 6) is -0.741. The Kier molecular flexibility index (Phi) is 4.48. The lowest BCUT2D eigenvalue weighted by Crippen LogP contribution is -2.17. The summed E-state index contributed by atoms with van der Waals surface area (Å²) in [6.07, 6.45) is 1.63. The molecule has 2 aromatic rings. The molecule has 4 heteroatoms. The normalized spacial score (nSPS) is 10.9. The molecule has 1 amide bonds. The number of carbonyl (C=O) groups excluding carboxylic acids is 1. The summed E-state index contributed by atoms with van der Waals surface area (Å²) in [6, 6.07) is 9.46. The average Bonchev–Trinajstić information content (AvgIpc) is 2.42. The minimum Gasteiger partial charge on any atom is -0.267 e. The Morgan fingerprint density at radius 1 is 1.10 bits per heavy atom. The summed E-state index contributed by atoms with van der Waals surface area (Å²) in [4.78, 5) is 11.8. The van der Waals surface area contributed by atoms with Crippen molar-refractivity contribution in [1.29, 1.82) is 0 Å². The van der Waals surface area contributed by atoms with E-state index < -0.39 is 0 Å². The number of nitrogens with zero attached hydrogens (tertiary/aromatic N) is 1. The first-order valence-electron chi connectivity index (χ1n) is 6.64. The van der Waals surface area contributed by atoms with Gasteiger partial charge in [-0.2, -0.15) is 5.10 Å². The van der Waals surface area contributed by atoms with Gasteiger partial charge in [-0.15, -0.1) is 0 Å². The second-order valence-corrected chi connectivity index (χ2v) is 5.02. The maximum absolute atomic E-state index is 12.8. The number of hydrazone groups is 1. The van der Waals surface area contributed by atoms with E-state index in [1.54, 1.807) is 6.21 Å². The van der Waals surface area contributed by atoms with Crippen LogP contribution < -0.4 is 5.43 Å². The van der Waals surface area contributed by atoms with Gasteiger partial charge >= 0.3 is 0 Å². The van der Waals surface area contributed by atoms with Crippen LogP contribution in [-0.2, 0) is 0 Å². The van der Waals surface area contributed by atoms with E-state index in [0.29, 0.717) is 5.56 Å². The summed E-state index contributed by atoms with van der Waals surface area (Å²) in [6.45, 7) is 6.05. The average molecular weight is 284 g/mol. The number of hydrogen-bond acceptors (Lipinski definition) is 2. The number of carbonyl (C=O) groups is 1. The van der Waals surface area contributed by atoms with Gasteiger partial charge in [-0.25, -0.2) is 9.82 Å². The van der Waals surface area contributed by atoms with Crippen molar-refractivity contribution in [3.63, 3.8) is 0 Å². The highest BCUT2D eigenvalue weighted by Crippen LogP contribution is 2.14. The largest absolute Gasteiger partial charge is 0.271 e. The standard InChI is InChI=1S/C17H17FN2O/c1-11-8-12(2)16(13(3)9-11)10-19-20-17(21)14-4-6-15(18)7-5-14/h4-10H,1-3H3,(H,20,21)/b19-10+. The molecule has 0 aromatic heterocycles. The highest BCUT2D eigenvalue weighted by molar-refractivity contribution is 5.95. The highest BCUT2D eigenvalue weighted by Gasteiger charge is 2.04. The highest BCUT2D eigenvalue weighted by atomic mass is 19.1. The molecule has 21 heavy (non-hydrogen) atoms. The molecule has 2 rings (SSSR count). The third kappa shape index (κ3) is 3.75. The van der Waals surface area contributed by atoms with Crippen LogP contribution >= 0.6 is 0 Å². The molecule has 0 saturated heterocycles. The Morgan fingerprint density at radius 2 is 1.67 bits per heavy atom. The number of rotatable bonds is 3. The number of aryl methyl sites for hydroxylation is 3. The Bertz CT molecular complexity index is 667. The molecule has 1 N–H and O–H groups in total. The molecule has 2 aromatic carbocycles. The fourth-order valence-electron chi connectivity index (χ4n) is 2.22. The van der Waals surface area contributed by atoms with Gasteiger partial charge in [0.05, 0.1) is 6.21 Å². The van der Waals surface area contributed by atoms with Crippen molar-refractivity contribution >= 4 is 12.1 Å². The molecule has 0 aliphatic carbocycles. The van der Waals surface area contributed by atoms with Crippen LogP contribution in [0.4, 0.5) is 4.39 Å². The second kappa shape index (κ2) is 6.31. The van der Waals surface area contributed by atoms with Gasteiger partial charge in [0, 0.05) is 11.1 Å². The first kappa shape index (κ1) is 14.9. The van der Waals surface area contributed by atoms with Crippen molar-refractivity contribution in [2.75, 3.05) is 0 Å². The maximum atomic E-state index is 12.8. The lowest BCUT2D eigenvalue weighted by Gasteiger charge is -2.06. The quantitative estimate of drug-likeness (QED) is 0.680. The van der Waals surface area contributed by atoms with Crippen LogP contribution in [0.25, 0.3) is 0 Å². The van der Waals surface area contributed by atoms with Crippen LogP contribution in [0.2, 0.25) is 0 Å². The van der Waals surface area contributed by atoms with E-state index in [0.717, 1.165) is 16.7 Å². The number of hydrogen-bond donors (Lipinski definition) is 1. The Balaban J connectivity index is 2.09. The molecular formula is C17H17FN2O. The van der Waals surface area contributed by atoms with Crippen LogP contribution in [-0.4, -0.2) is 12.1 Å². The first-order valence-corrected chi connectivity index (χ1v) is 6.64. The number of amides is 1. The van der Waals surface area contributed by atoms with Crippen molar-refractivity contribution in [2.45, 2.75) is 20.8 Å². The summed E-state index contributed by atoms with van der Waals surface area (Å²) in [5.41, 5.74) is 7.20. The van der Waals surface area contributed by atoms with Gasteiger partial charge in [0.15, 0.2) is 0 Å². The molecular weight excluding hydrogens is 267 g/mol. The van der Waals surface area contributed by atoms with Gasteiger partial charge in [-0.05, 0) is 56.2 Å². The first-order chi connectivity index (χ1) is 9.97. The van der Waals surface area contributed by atoms with Crippen molar-refractivity contribution in [3.05, 3.63) is 70.0 Å². The second-order valence-electron chi connectivity index (χ2n) is 5.02. The molecule has 0 unspecified atom stereocenters. The maximum Gasteiger partial charge on any atom is 0.271 e. The minimum atomic E-state index is -0.374. The topological polar surface area (TPSA) is 41.5 Å². The molecule has 0 aliphatic rings. The molecule has 108 valence electrons. The van der Waals surface area contributed by atoms with Crippen molar-refractivity contribution in [3.8, 4) is 0 Å². The lowest BCUT2D eigenvalue weighted by molar-refractivity contribution is 0.0955. The monoisotopic (exact) mass is 284 g/mol. The molecule has 0 spiro atoms. The summed E-state index contributed by atoms with van der Waals surface area (Å²) in [5, 5.41) is 3.97. The van der Waals surface area contributed by atoms with E-state index in [-0.39, 0.29) is 11.7 Å². The predicted octanol–water partition coefficient (Wildman–Crippen LogP) is 3.51. The fraction of sp³-hybridized carbons (Fsp3) is 0.176. The molecule has 0 saturated carbocycles. The van der Waals surface area contributed by atoms with Crippen LogP contribution in [0.5, 0.6) is 0 Å². The fourth-order valence-corrected chi connectivity index (χ4v) is 2.22. The van der Waals surface area contributed by atoms with E-state index >= 15 is 0 Å². The van der Waals surface area contributed by atoms with Gasteiger partial charge in [-0.3, -0.25) is 4.79 Å². The third-order valence-corrected chi connectivity index (χ3v) is 3.20. The zero-order valence-corrected chi connectivity index (χ0v) is 12.3. The molecule has 0 atom stereocenters. The number of benzene rings is 2. The Morgan fingerprint density at radius 3 is 2.24 bits per heavy atom. The van der Waals surface area contributed by atoms with Crippen molar-refractivity contribution in [1.82, 2.24) is 5.43 Å². The zero-order chi connectivity index (χ0) is 15.4. The van der Waals surface area contributed by atoms with Crippen LogP contribution in [0, 0.1) is 26.6 Å². The van der Waals surface area contributed by atoms with E-state index in [1.807, 2.05) is 20.8 Å².